The Balaban J connectivity index is 1.96. The molecule has 0 unspecified atom stereocenters. The Labute approximate surface area is 136 Å². The topological polar surface area (TPSA) is 113 Å². The molecule has 7 nitrogen and oxygen atoms in total. The smallest absolute Gasteiger partial charge is 0.348 e. The third kappa shape index (κ3) is 2.74. The lowest BCUT2D eigenvalue weighted by Gasteiger charge is -2.14. The number of amides is 1. The van der Waals surface area contributed by atoms with Crippen LogP contribution in [0.1, 0.15) is 15.9 Å². The van der Waals surface area contributed by atoms with Gasteiger partial charge in [0.25, 0.3) is 5.91 Å². The van der Waals surface area contributed by atoms with Crippen molar-refractivity contribution in [2.45, 2.75) is 0 Å². The highest BCUT2D eigenvalue weighted by atomic mass is 16.4. The highest BCUT2D eigenvalue weighted by Crippen LogP contribution is 2.16. The third-order valence-corrected chi connectivity index (χ3v) is 3.56. The molecule has 1 aromatic heterocycles. The summed E-state index contributed by atoms with van der Waals surface area (Å²) >= 11 is 0. The first-order valence-corrected chi connectivity index (χ1v) is 7.10. The molecule has 0 fully saturated rings. The van der Waals surface area contributed by atoms with Crippen LogP contribution in [0.15, 0.2) is 57.7 Å². The molecule has 3 aromatic rings. The minimum absolute atomic E-state index is 0.0791. The minimum Gasteiger partial charge on any atom is -0.388 e. The highest BCUT2D eigenvalue weighted by molar-refractivity contribution is 6.05. The largest absolute Gasteiger partial charge is 0.388 e. The average Bonchev–Trinajstić information content (AvgIpc) is 2.60. The van der Waals surface area contributed by atoms with E-state index in [0.29, 0.717) is 22.0 Å². The Kier molecular flexibility index (Phi) is 3.83. The van der Waals surface area contributed by atoms with Gasteiger partial charge < -0.3 is 10.2 Å². The number of aromatic nitrogens is 1. The molecule has 2 aromatic carbocycles. The fourth-order valence-corrected chi connectivity index (χ4v) is 2.22. The van der Waals surface area contributed by atoms with Crippen molar-refractivity contribution in [2.24, 2.45) is 5.73 Å². The standard InChI is InChI=1S/C17H14N4O3/c1-21(15(22)11-8-6-10(7-9-11)14(18)19)17-20-13-5-3-2-4-12(13)16(23)24-17/h2-9H,1H3,(H3,18,19). The Hall–Kier alpha value is -3.48. The van der Waals surface area contributed by atoms with Crippen LogP contribution in [0.25, 0.3) is 10.9 Å². The van der Waals surface area contributed by atoms with Crippen molar-refractivity contribution in [3.8, 4) is 0 Å². The molecule has 120 valence electrons. The number of amidine groups is 1. The molecule has 7 heteroatoms. The number of fused-ring (bicyclic) bond motifs is 1. The Morgan fingerprint density at radius 1 is 1.12 bits per heavy atom. The first kappa shape index (κ1) is 15.4. The number of nitrogens with one attached hydrogen (secondary N) is 1. The number of hydrogen-bond acceptors (Lipinski definition) is 5. The van der Waals surface area contributed by atoms with Crippen molar-refractivity contribution in [1.29, 1.82) is 5.41 Å². The second-order valence-corrected chi connectivity index (χ2v) is 5.16. The lowest BCUT2D eigenvalue weighted by atomic mass is 10.1. The van der Waals surface area contributed by atoms with Gasteiger partial charge in [0.15, 0.2) is 0 Å². The van der Waals surface area contributed by atoms with Gasteiger partial charge in [-0.15, -0.1) is 0 Å². The molecule has 1 heterocycles. The summed E-state index contributed by atoms with van der Waals surface area (Å²) in [4.78, 5) is 29.9. The van der Waals surface area contributed by atoms with E-state index in [1.54, 1.807) is 48.5 Å². The molecule has 0 spiro atoms. The summed E-state index contributed by atoms with van der Waals surface area (Å²) in [6.45, 7) is 0. The van der Waals surface area contributed by atoms with Crippen LogP contribution in [0.4, 0.5) is 6.01 Å². The monoisotopic (exact) mass is 322 g/mol. The molecule has 0 aliphatic heterocycles. The van der Waals surface area contributed by atoms with E-state index in [2.05, 4.69) is 4.98 Å². The van der Waals surface area contributed by atoms with E-state index in [1.807, 2.05) is 0 Å². The van der Waals surface area contributed by atoms with Crippen LogP contribution in [0.2, 0.25) is 0 Å². The van der Waals surface area contributed by atoms with Crippen molar-refractivity contribution in [2.75, 3.05) is 11.9 Å². The zero-order valence-corrected chi connectivity index (χ0v) is 12.8. The predicted molar refractivity (Wildman–Crippen MR) is 90.5 cm³/mol. The van der Waals surface area contributed by atoms with E-state index in [9.17, 15) is 9.59 Å². The number of nitrogens with two attached hydrogens (primary N) is 1. The number of hydrogen-bond donors (Lipinski definition) is 2. The van der Waals surface area contributed by atoms with Crippen LogP contribution < -0.4 is 16.3 Å². The predicted octanol–water partition coefficient (Wildman–Crippen LogP) is 1.75. The summed E-state index contributed by atoms with van der Waals surface area (Å²) < 4.78 is 5.14. The van der Waals surface area contributed by atoms with E-state index in [0.717, 1.165) is 4.90 Å². The van der Waals surface area contributed by atoms with Gasteiger partial charge in [0.05, 0.1) is 10.9 Å². The number of nitrogen functional groups attached to an aromatic ring is 1. The first-order valence-electron chi connectivity index (χ1n) is 7.10. The number of para-hydroxylation sites is 1. The quantitative estimate of drug-likeness (QED) is 0.563. The maximum Gasteiger partial charge on any atom is 0.348 e. The van der Waals surface area contributed by atoms with Crippen molar-refractivity contribution in [1.82, 2.24) is 4.98 Å². The lowest BCUT2D eigenvalue weighted by molar-refractivity contribution is 0.0987. The van der Waals surface area contributed by atoms with Gasteiger partial charge in [-0.05, 0) is 24.3 Å². The average molecular weight is 322 g/mol. The van der Waals surface area contributed by atoms with Crippen molar-refractivity contribution >= 4 is 28.7 Å². The summed E-state index contributed by atoms with van der Waals surface area (Å²) in [5.74, 6) is -0.472. The number of benzene rings is 2. The van der Waals surface area contributed by atoms with Crippen LogP contribution in [0.5, 0.6) is 0 Å². The maximum atomic E-state index is 12.5. The second-order valence-electron chi connectivity index (χ2n) is 5.16. The summed E-state index contributed by atoms with van der Waals surface area (Å²) in [6.07, 6.45) is 0. The Bertz CT molecular complexity index is 993. The number of carbonyl (C=O) groups excluding carboxylic acids is 1. The first-order chi connectivity index (χ1) is 11.5. The summed E-state index contributed by atoms with van der Waals surface area (Å²) in [6, 6.07) is 12.9. The molecule has 3 rings (SSSR count). The molecular formula is C17H14N4O3. The maximum absolute atomic E-state index is 12.5. The molecule has 0 atom stereocenters. The van der Waals surface area contributed by atoms with Crippen molar-refractivity contribution in [3.05, 3.63) is 70.1 Å². The minimum atomic E-state index is -0.554. The van der Waals surface area contributed by atoms with E-state index < -0.39 is 11.5 Å². The number of rotatable bonds is 3. The van der Waals surface area contributed by atoms with Gasteiger partial charge in [-0.1, -0.05) is 24.3 Å². The Morgan fingerprint density at radius 3 is 2.42 bits per heavy atom. The summed E-state index contributed by atoms with van der Waals surface area (Å²) in [5, 5.41) is 7.71. The van der Waals surface area contributed by atoms with Crippen LogP contribution in [-0.4, -0.2) is 23.8 Å². The summed E-state index contributed by atoms with van der Waals surface area (Å²) in [7, 11) is 1.47. The fourth-order valence-electron chi connectivity index (χ4n) is 2.22. The molecule has 24 heavy (non-hydrogen) atoms. The van der Waals surface area contributed by atoms with Gasteiger partial charge in [-0.3, -0.25) is 15.1 Å². The van der Waals surface area contributed by atoms with Gasteiger partial charge in [-0.2, -0.15) is 4.98 Å². The van der Waals surface area contributed by atoms with Gasteiger partial charge in [0.1, 0.15) is 5.84 Å². The number of carbonyl (C=O) groups is 1. The molecule has 3 N–H and O–H groups in total. The molecule has 1 amide bonds. The highest BCUT2D eigenvalue weighted by Gasteiger charge is 2.18. The fraction of sp³-hybridized carbons (Fsp3) is 0.0588. The van der Waals surface area contributed by atoms with Crippen LogP contribution in [0.3, 0.4) is 0 Å². The van der Waals surface area contributed by atoms with E-state index >= 15 is 0 Å². The summed E-state index contributed by atoms with van der Waals surface area (Å²) in [5.41, 5.74) is 6.17. The van der Waals surface area contributed by atoms with Gasteiger partial charge >= 0.3 is 11.6 Å². The molecule has 0 radical (unpaired) electrons. The molecule has 0 aliphatic rings. The molecule has 0 saturated carbocycles. The van der Waals surface area contributed by atoms with Crippen molar-refractivity contribution < 1.29 is 9.21 Å². The lowest BCUT2D eigenvalue weighted by Crippen LogP contribution is -2.28. The van der Waals surface area contributed by atoms with Crippen LogP contribution in [-0.2, 0) is 0 Å². The van der Waals surface area contributed by atoms with E-state index in [-0.39, 0.29) is 11.9 Å². The molecule has 0 aliphatic carbocycles. The van der Waals surface area contributed by atoms with Crippen molar-refractivity contribution in [3.63, 3.8) is 0 Å². The van der Waals surface area contributed by atoms with Crippen LogP contribution in [0, 0.1) is 5.41 Å². The SMILES string of the molecule is CN(C(=O)c1ccc(C(=N)N)cc1)c1nc2ccccc2c(=O)o1. The van der Waals surface area contributed by atoms with E-state index in [4.69, 9.17) is 15.6 Å². The Morgan fingerprint density at radius 2 is 1.75 bits per heavy atom. The number of anilines is 1. The third-order valence-electron chi connectivity index (χ3n) is 3.56. The normalized spacial score (nSPS) is 10.5. The van der Waals surface area contributed by atoms with E-state index in [1.165, 1.54) is 7.05 Å². The van der Waals surface area contributed by atoms with Gasteiger partial charge in [-0.25, -0.2) is 4.79 Å². The van der Waals surface area contributed by atoms with Gasteiger partial charge in [0, 0.05) is 18.2 Å². The zero-order chi connectivity index (χ0) is 17.3. The number of nitrogens with zero attached hydrogens (tertiary/aromatic N) is 2. The zero-order valence-electron chi connectivity index (χ0n) is 12.8. The molecular weight excluding hydrogens is 308 g/mol. The molecule has 0 saturated heterocycles. The second kappa shape index (κ2) is 5.96. The van der Waals surface area contributed by atoms with Crippen LogP contribution >= 0.6 is 0 Å². The molecule has 0 bridgehead atoms. The van der Waals surface area contributed by atoms with Gasteiger partial charge in [0.2, 0.25) is 0 Å².